The van der Waals surface area contributed by atoms with Crippen LogP contribution in [0.3, 0.4) is 0 Å². The number of allylic oxidation sites excluding steroid dienone is 2. The number of thioether (sulfide) groups is 1. The van der Waals surface area contributed by atoms with Crippen LogP contribution in [0.4, 0.5) is 0 Å². The molecular weight excluding hydrogens is 224 g/mol. The zero-order valence-electron chi connectivity index (χ0n) is 11.1. The third kappa shape index (κ3) is 6.58. The van der Waals surface area contributed by atoms with E-state index in [0.29, 0.717) is 0 Å². The zero-order valence-corrected chi connectivity index (χ0v) is 11.9. The molecule has 0 atom stereocenters. The minimum atomic E-state index is 1.23. The molecule has 0 spiro atoms. The van der Waals surface area contributed by atoms with Gasteiger partial charge in [-0.3, -0.25) is 0 Å². The van der Waals surface area contributed by atoms with Crippen LogP contribution >= 0.6 is 11.8 Å². The van der Waals surface area contributed by atoms with Crippen molar-refractivity contribution in [3.8, 4) is 0 Å². The monoisotopic (exact) mass is 248 g/mol. The minimum Gasteiger partial charge on any atom is -0.0949 e. The molecule has 94 valence electrons. The molecule has 0 amide bonds. The van der Waals surface area contributed by atoms with Gasteiger partial charge in [0.1, 0.15) is 0 Å². The Balaban J connectivity index is 2.53. The van der Waals surface area contributed by atoms with Gasteiger partial charge in [0.2, 0.25) is 0 Å². The third-order valence-corrected chi connectivity index (χ3v) is 3.84. The lowest BCUT2D eigenvalue weighted by Crippen LogP contribution is -1.81. The summed E-state index contributed by atoms with van der Waals surface area (Å²) < 4.78 is 0. The highest BCUT2D eigenvalue weighted by Crippen LogP contribution is 2.30. The maximum Gasteiger partial charge on any atom is 0.0118 e. The van der Waals surface area contributed by atoms with Crippen LogP contribution in [0, 0.1) is 0 Å². The van der Waals surface area contributed by atoms with Gasteiger partial charge in [-0.05, 0) is 36.3 Å². The summed E-state index contributed by atoms with van der Waals surface area (Å²) in [5, 5.41) is 0. The fourth-order valence-electron chi connectivity index (χ4n) is 1.65. The molecule has 1 aromatic carbocycles. The third-order valence-electron chi connectivity index (χ3n) is 2.70. The van der Waals surface area contributed by atoms with E-state index >= 15 is 0 Å². The first kappa shape index (κ1) is 14.4. The summed E-state index contributed by atoms with van der Waals surface area (Å²) in [5.41, 5.74) is 0. The summed E-state index contributed by atoms with van der Waals surface area (Å²) >= 11 is 1.94. The van der Waals surface area contributed by atoms with Crippen molar-refractivity contribution in [1.29, 1.82) is 0 Å². The maximum atomic E-state index is 2.44. The lowest BCUT2D eigenvalue weighted by Gasteiger charge is -2.07. The quantitative estimate of drug-likeness (QED) is 0.399. The Morgan fingerprint density at radius 3 is 2.41 bits per heavy atom. The van der Waals surface area contributed by atoms with Gasteiger partial charge in [0, 0.05) is 4.90 Å². The van der Waals surface area contributed by atoms with E-state index in [-0.39, 0.29) is 0 Å². The second-order valence-electron chi connectivity index (χ2n) is 4.33. The molecule has 0 unspecified atom stereocenters. The molecule has 0 heterocycles. The maximum absolute atomic E-state index is 2.44. The topological polar surface area (TPSA) is 0 Å². The summed E-state index contributed by atoms with van der Waals surface area (Å²) in [6.45, 7) is 4.51. The summed E-state index contributed by atoms with van der Waals surface area (Å²) in [6.07, 6.45) is 10.1. The standard InChI is InChI=1S/C16H24S/c1-3-5-8-12-15(11-6-4-2)17-16-13-9-7-10-14-16/h7,9-10,12-14H,3-6,8,11H2,1-2H3/b15-12-. The molecule has 0 saturated carbocycles. The molecular formula is C16H24S. The van der Waals surface area contributed by atoms with E-state index in [0.717, 1.165) is 0 Å². The van der Waals surface area contributed by atoms with E-state index in [1.165, 1.54) is 43.4 Å². The van der Waals surface area contributed by atoms with Gasteiger partial charge in [-0.25, -0.2) is 0 Å². The number of hydrogen-bond donors (Lipinski definition) is 0. The molecule has 1 aromatic rings. The molecule has 0 aliphatic heterocycles. The fourth-order valence-corrected chi connectivity index (χ4v) is 2.70. The van der Waals surface area contributed by atoms with Crippen molar-refractivity contribution in [2.45, 2.75) is 57.3 Å². The van der Waals surface area contributed by atoms with Gasteiger partial charge in [-0.15, -0.1) is 0 Å². The summed E-state index contributed by atoms with van der Waals surface area (Å²) in [6, 6.07) is 10.7. The van der Waals surface area contributed by atoms with E-state index in [9.17, 15) is 0 Å². The van der Waals surface area contributed by atoms with Crippen LogP contribution in [0.25, 0.3) is 0 Å². The van der Waals surface area contributed by atoms with Crippen molar-refractivity contribution in [1.82, 2.24) is 0 Å². The van der Waals surface area contributed by atoms with E-state index in [1.54, 1.807) is 4.91 Å². The van der Waals surface area contributed by atoms with Crippen LogP contribution in [0.2, 0.25) is 0 Å². The molecule has 0 saturated heterocycles. The van der Waals surface area contributed by atoms with Crippen LogP contribution in [0.1, 0.15) is 52.4 Å². The van der Waals surface area contributed by atoms with E-state index in [1.807, 2.05) is 11.8 Å². The van der Waals surface area contributed by atoms with Crippen molar-refractivity contribution in [3.05, 3.63) is 41.3 Å². The van der Waals surface area contributed by atoms with Crippen LogP contribution in [0.5, 0.6) is 0 Å². The average Bonchev–Trinajstić information content (AvgIpc) is 2.37. The van der Waals surface area contributed by atoms with Gasteiger partial charge in [-0.1, -0.05) is 69.1 Å². The van der Waals surface area contributed by atoms with Gasteiger partial charge >= 0.3 is 0 Å². The number of benzene rings is 1. The first-order chi connectivity index (χ1) is 8.36. The summed E-state index contributed by atoms with van der Waals surface area (Å²) in [5.74, 6) is 0. The van der Waals surface area contributed by atoms with Crippen molar-refractivity contribution < 1.29 is 0 Å². The second-order valence-corrected chi connectivity index (χ2v) is 5.53. The Labute approximate surface area is 111 Å². The van der Waals surface area contributed by atoms with Crippen LogP contribution in [-0.2, 0) is 0 Å². The highest BCUT2D eigenvalue weighted by atomic mass is 32.2. The molecule has 0 fully saturated rings. The van der Waals surface area contributed by atoms with Gasteiger partial charge in [-0.2, -0.15) is 0 Å². The molecule has 0 nitrogen and oxygen atoms in total. The molecule has 0 N–H and O–H groups in total. The average molecular weight is 248 g/mol. The predicted octanol–water partition coefficient (Wildman–Crippen LogP) is 6.04. The smallest absolute Gasteiger partial charge is 0.0118 e. The minimum absolute atomic E-state index is 1.23. The molecule has 0 aliphatic carbocycles. The normalized spacial score (nSPS) is 11.8. The first-order valence-electron chi connectivity index (χ1n) is 6.78. The van der Waals surface area contributed by atoms with Crippen molar-refractivity contribution in [2.75, 3.05) is 0 Å². The summed E-state index contributed by atoms with van der Waals surface area (Å²) in [4.78, 5) is 2.91. The molecule has 17 heavy (non-hydrogen) atoms. The molecule has 1 rings (SSSR count). The number of unbranched alkanes of at least 4 members (excludes halogenated alkanes) is 3. The summed E-state index contributed by atoms with van der Waals surface area (Å²) in [7, 11) is 0. The lowest BCUT2D eigenvalue weighted by molar-refractivity contribution is 0.787. The van der Waals surface area contributed by atoms with Crippen molar-refractivity contribution in [2.24, 2.45) is 0 Å². The molecule has 0 bridgehead atoms. The molecule has 1 heteroatoms. The molecule has 0 aliphatic rings. The Kier molecular flexibility index (Phi) is 7.91. The molecule has 0 aromatic heterocycles. The van der Waals surface area contributed by atoms with Gasteiger partial charge < -0.3 is 0 Å². The van der Waals surface area contributed by atoms with Crippen molar-refractivity contribution >= 4 is 11.8 Å². The predicted molar refractivity (Wildman–Crippen MR) is 79.4 cm³/mol. The van der Waals surface area contributed by atoms with Gasteiger partial charge in [0.05, 0.1) is 0 Å². The zero-order chi connectivity index (χ0) is 12.3. The largest absolute Gasteiger partial charge is 0.0949 e. The SMILES string of the molecule is CCCC/C=C(/CCCC)Sc1ccccc1. The van der Waals surface area contributed by atoms with Gasteiger partial charge in [0.15, 0.2) is 0 Å². The van der Waals surface area contributed by atoms with Crippen LogP contribution in [-0.4, -0.2) is 0 Å². The van der Waals surface area contributed by atoms with Gasteiger partial charge in [0.25, 0.3) is 0 Å². The fraction of sp³-hybridized carbons (Fsp3) is 0.500. The van der Waals surface area contributed by atoms with E-state index in [4.69, 9.17) is 0 Å². The first-order valence-corrected chi connectivity index (χ1v) is 7.60. The van der Waals surface area contributed by atoms with E-state index in [2.05, 4.69) is 50.3 Å². The number of rotatable bonds is 8. The lowest BCUT2D eigenvalue weighted by atomic mass is 10.2. The second kappa shape index (κ2) is 9.35. The van der Waals surface area contributed by atoms with Crippen molar-refractivity contribution in [3.63, 3.8) is 0 Å². The Bertz CT molecular complexity index is 314. The van der Waals surface area contributed by atoms with E-state index < -0.39 is 0 Å². The Morgan fingerprint density at radius 1 is 1.06 bits per heavy atom. The van der Waals surface area contributed by atoms with Crippen LogP contribution in [0.15, 0.2) is 46.2 Å². The Hall–Kier alpha value is -0.690. The Morgan fingerprint density at radius 2 is 1.76 bits per heavy atom. The number of hydrogen-bond acceptors (Lipinski definition) is 1. The molecule has 0 radical (unpaired) electrons. The van der Waals surface area contributed by atoms with Crippen LogP contribution < -0.4 is 0 Å². The highest BCUT2D eigenvalue weighted by Gasteiger charge is 2.00. The highest BCUT2D eigenvalue weighted by molar-refractivity contribution is 8.03.